The molecule has 0 saturated heterocycles. The molecule has 0 bridgehead atoms. The summed E-state index contributed by atoms with van der Waals surface area (Å²) in [7, 11) is 1.31. The van der Waals surface area contributed by atoms with Gasteiger partial charge in [0.15, 0.2) is 0 Å². The van der Waals surface area contributed by atoms with Gasteiger partial charge < -0.3 is 9.15 Å². The van der Waals surface area contributed by atoms with Crippen LogP contribution in [0.25, 0.3) is 11.5 Å². The molecule has 0 radical (unpaired) electrons. The topological polar surface area (TPSA) is 91.3 Å². The molecule has 0 aliphatic heterocycles. The lowest BCUT2D eigenvalue weighted by molar-refractivity contribution is -0.387. The maximum Gasteiger partial charge on any atom is 0.305 e. The number of aryl methyl sites for hydroxylation is 1. The maximum absolute atomic E-state index is 13.4. The first-order chi connectivity index (χ1) is 8.52. The molecule has 8 heteroatoms. The fourth-order valence-corrected chi connectivity index (χ4v) is 1.42. The number of nitro groups is 1. The largest absolute Gasteiger partial charge is 0.496 e. The number of methoxy groups -OCH3 is 1. The molecule has 0 unspecified atom stereocenters. The summed E-state index contributed by atoms with van der Waals surface area (Å²) >= 11 is 0. The van der Waals surface area contributed by atoms with Gasteiger partial charge in [0, 0.05) is 19.1 Å². The van der Waals surface area contributed by atoms with Crippen LogP contribution in [0, 0.1) is 22.9 Å². The molecule has 0 saturated carbocycles. The SMILES string of the molecule is COc1cc(F)c([N+](=O)[O-])cc1-c1nnc(C)o1. The van der Waals surface area contributed by atoms with Gasteiger partial charge in [0.1, 0.15) is 5.75 Å². The Morgan fingerprint density at radius 1 is 1.44 bits per heavy atom. The summed E-state index contributed by atoms with van der Waals surface area (Å²) in [5.41, 5.74) is -0.507. The highest BCUT2D eigenvalue weighted by molar-refractivity contribution is 5.66. The van der Waals surface area contributed by atoms with E-state index in [9.17, 15) is 14.5 Å². The second-order valence-electron chi connectivity index (χ2n) is 3.39. The minimum atomic E-state index is -0.989. The van der Waals surface area contributed by atoms with Crippen molar-refractivity contribution < 1.29 is 18.5 Å². The van der Waals surface area contributed by atoms with E-state index in [-0.39, 0.29) is 17.2 Å². The average Bonchev–Trinajstić information content (AvgIpc) is 2.74. The van der Waals surface area contributed by atoms with Crippen LogP contribution < -0.4 is 4.74 Å². The summed E-state index contributed by atoms with van der Waals surface area (Å²) in [5.74, 6) is -0.579. The standard InChI is InChI=1S/C10H8FN3O4/c1-5-12-13-10(18-5)6-3-8(14(15)16)7(11)4-9(6)17-2/h3-4H,1-2H3. The number of ether oxygens (including phenoxy) is 1. The van der Waals surface area contributed by atoms with Gasteiger partial charge in [-0.1, -0.05) is 0 Å². The highest BCUT2D eigenvalue weighted by Crippen LogP contribution is 2.34. The van der Waals surface area contributed by atoms with E-state index in [0.29, 0.717) is 5.89 Å². The first kappa shape index (κ1) is 12.0. The molecule has 18 heavy (non-hydrogen) atoms. The third-order valence-corrected chi connectivity index (χ3v) is 2.22. The quantitative estimate of drug-likeness (QED) is 0.614. The molecule has 0 aliphatic rings. The number of nitrogens with zero attached hydrogens (tertiary/aromatic N) is 3. The Balaban J connectivity index is 2.64. The van der Waals surface area contributed by atoms with E-state index in [4.69, 9.17) is 9.15 Å². The molecule has 0 aliphatic carbocycles. The van der Waals surface area contributed by atoms with Crippen LogP contribution in [0.2, 0.25) is 0 Å². The number of aromatic nitrogens is 2. The van der Waals surface area contributed by atoms with Crippen LogP contribution in [-0.4, -0.2) is 22.2 Å². The molecular formula is C10H8FN3O4. The Hall–Kier alpha value is -2.51. The highest BCUT2D eigenvalue weighted by atomic mass is 19.1. The Bertz CT molecular complexity index is 611. The molecule has 0 N–H and O–H groups in total. The number of rotatable bonds is 3. The van der Waals surface area contributed by atoms with Crippen molar-refractivity contribution in [3.05, 3.63) is 34.0 Å². The molecule has 0 amide bonds. The lowest BCUT2D eigenvalue weighted by atomic mass is 10.1. The lowest BCUT2D eigenvalue weighted by Crippen LogP contribution is -1.96. The Morgan fingerprint density at radius 3 is 2.67 bits per heavy atom. The number of benzene rings is 1. The van der Waals surface area contributed by atoms with Crippen LogP contribution in [-0.2, 0) is 0 Å². The molecule has 0 atom stereocenters. The van der Waals surface area contributed by atoms with E-state index in [0.717, 1.165) is 12.1 Å². The van der Waals surface area contributed by atoms with Crippen molar-refractivity contribution in [3.63, 3.8) is 0 Å². The van der Waals surface area contributed by atoms with Crippen molar-refractivity contribution in [3.8, 4) is 17.2 Å². The summed E-state index contributed by atoms with van der Waals surface area (Å²) in [6.07, 6.45) is 0. The van der Waals surface area contributed by atoms with Gasteiger partial charge >= 0.3 is 5.69 Å². The fraction of sp³-hybridized carbons (Fsp3) is 0.200. The van der Waals surface area contributed by atoms with E-state index in [2.05, 4.69) is 10.2 Å². The fourth-order valence-electron chi connectivity index (χ4n) is 1.42. The molecular weight excluding hydrogens is 245 g/mol. The predicted octanol–water partition coefficient (Wildman–Crippen LogP) is 2.10. The minimum absolute atomic E-state index is 0.0347. The molecule has 1 aromatic carbocycles. The van der Waals surface area contributed by atoms with Crippen LogP contribution in [0.1, 0.15) is 5.89 Å². The van der Waals surface area contributed by atoms with Crippen molar-refractivity contribution >= 4 is 5.69 Å². The monoisotopic (exact) mass is 253 g/mol. The lowest BCUT2D eigenvalue weighted by Gasteiger charge is -2.05. The Kier molecular flexibility index (Phi) is 2.92. The Labute approximate surface area is 100 Å². The predicted molar refractivity (Wildman–Crippen MR) is 57.6 cm³/mol. The second-order valence-corrected chi connectivity index (χ2v) is 3.39. The summed E-state index contributed by atoms with van der Waals surface area (Å²) in [6, 6.07) is 1.91. The maximum atomic E-state index is 13.4. The number of halogens is 1. The van der Waals surface area contributed by atoms with Gasteiger partial charge in [0.05, 0.1) is 17.6 Å². The number of hydrogen-bond acceptors (Lipinski definition) is 6. The highest BCUT2D eigenvalue weighted by Gasteiger charge is 2.22. The average molecular weight is 253 g/mol. The third kappa shape index (κ3) is 1.99. The molecule has 0 spiro atoms. The van der Waals surface area contributed by atoms with E-state index in [1.54, 1.807) is 6.92 Å². The first-order valence-electron chi connectivity index (χ1n) is 4.85. The number of hydrogen-bond donors (Lipinski definition) is 0. The van der Waals surface area contributed by atoms with E-state index < -0.39 is 16.4 Å². The van der Waals surface area contributed by atoms with Crippen LogP contribution in [0.5, 0.6) is 5.75 Å². The molecule has 7 nitrogen and oxygen atoms in total. The zero-order valence-electron chi connectivity index (χ0n) is 9.51. The van der Waals surface area contributed by atoms with Crippen molar-refractivity contribution in [2.45, 2.75) is 6.92 Å². The van der Waals surface area contributed by atoms with Crippen molar-refractivity contribution in [1.82, 2.24) is 10.2 Å². The molecule has 2 rings (SSSR count). The second kappa shape index (κ2) is 4.40. The third-order valence-electron chi connectivity index (χ3n) is 2.22. The first-order valence-corrected chi connectivity index (χ1v) is 4.85. The molecule has 1 aromatic heterocycles. The van der Waals surface area contributed by atoms with Gasteiger partial charge in [-0.05, 0) is 0 Å². The van der Waals surface area contributed by atoms with E-state index >= 15 is 0 Å². The van der Waals surface area contributed by atoms with Gasteiger partial charge in [-0.2, -0.15) is 4.39 Å². The number of nitro benzene ring substituents is 1. The van der Waals surface area contributed by atoms with Crippen molar-refractivity contribution in [1.29, 1.82) is 0 Å². The van der Waals surface area contributed by atoms with Crippen molar-refractivity contribution in [2.75, 3.05) is 7.11 Å². The molecule has 1 heterocycles. The van der Waals surface area contributed by atoms with Gasteiger partial charge in [-0.3, -0.25) is 10.1 Å². The van der Waals surface area contributed by atoms with Crippen molar-refractivity contribution in [2.24, 2.45) is 0 Å². The zero-order valence-corrected chi connectivity index (χ0v) is 9.51. The van der Waals surface area contributed by atoms with Gasteiger partial charge in [-0.25, -0.2) is 0 Å². The molecule has 0 fully saturated rings. The van der Waals surface area contributed by atoms with Crippen LogP contribution in [0.3, 0.4) is 0 Å². The molecule has 94 valence electrons. The normalized spacial score (nSPS) is 10.4. The summed E-state index contributed by atoms with van der Waals surface area (Å²) < 4.78 is 23.5. The van der Waals surface area contributed by atoms with E-state index in [1.165, 1.54) is 7.11 Å². The smallest absolute Gasteiger partial charge is 0.305 e. The summed E-state index contributed by atoms with van der Waals surface area (Å²) in [4.78, 5) is 9.84. The molecule has 2 aromatic rings. The summed E-state index contributed by atoms with van der Waals surface area (Å²) in [5, 5.41) is 18.0. The Morgan fingerprint density at radius 2 is 2.17 bits per heavy atom. The van der Waals surface area contributed by atoms with Crippen LogP contribution in [0.4, 0.5) is 10.1 Å². The van der Waals surface area contributed by atoms with Gasteiger partial charge in [0.25, 0.3) is 5.89 Å². The zero-order chi connectivity index (χ0) is 13.3. The van der Waals surface area contributed by atoms with Crippen LogP contribution in [0.15, 0.2) is 16.5 Å². The van der Waals surface area contributed by atoms with Crippen LogP contribution >= 0.6 is 0 Å². The van der Waals surface area contributed by atoms with E-state index in [1.807, 2.05) is 0 Å². The van der Waals surface area contributed by atoms with Gasteiger partial charge in [0.2, 0.25) is 11.7 Å². The summed E-state index contributed by atoms with van der Waals surface area (Å²) in [6.45, 7) is 1.57. The van der Waals surface area contributed by atoms with Gasteiger partial charge in [-0.15, -0.1) is 10.2 Å². The minimum Gasteiger partial charge on any atom is -0.496 e.